The van der Waals surface area contributed by atoms with E-state index >= 15 is 0 Å². The highest BCUT2D eigenvalue weighted by Crippen LogP contribution is 2.62. The lowest BCUT2D eigenvalue weighted by molar-refractivity contribution is -0.137. The van der Waals surface area contributed by atoms with Crippen molar-refractivity contribution in [2.75, 3.05) is 39.0 Å². The summed E-state index contributed by atoms with van der Waals surface area (Å²) in [4.78, 5) is 13.6. The van der Waals surface area contributed by atoms with Crippen LogP contribution in [0.2, 0.25) is 0 Å². The summed E-state index contributed by atoms with van der Waals surface area (Å²) in [6.07, 6.45) is 1.18. The molecular weight excluding hydrogens is 417 g/mol. The van der Waals surface area contributed by atoms with E-state index in [0.717, 1.165) is 38.1 Å². The number of fused-ring (bicyclic) bond motifs is 1. The second-order valence-corrected chi connectivity index (χ2v) is 9.98. The molecule has 2 aromatic heterocycles. The fraction of sp³-hybridized carbons (Fsp3) is 0.652. The van der Waals surface area contributed by atoms with Crippen molar-refractivity contribution < 1.29 is 13.2 Å². The number of hydrogen-bond acceptors (Lipinski definition) is 5. The number of nitrogens with zero attached hydrogens (tertiary/aromatic N) is 5. The molecule has 5 rings (SSSR count). The first-order chi connectivity index (χ1) is 15.1. The van der Waals surface area contributed by atoms with Crippen molar-refractivity contribution in [1.29, 1.82) is 0 Å². The average molecular weight is 449 g/mol. The monoisotopic (exact) mass is 448 g/mol. The number of piperazine rings is 1. The maximum atomic E-state index is 13.3. The summed E-state index contributed by atoms with van der Waals surface area (Å²) >= 11 is 0. The summed E-state index contributed by atoms with van der Waals surface area (Å²) in [5.41, 5.74) is 5.46. The molecule has 2 aromatic rings. The standard InChI is InChI=1S/C23H31F3N6/c1-13(2)22-29-19(14-8-18(23(24,25)26)21(27)28-11-14)12-32(22)20-16-9-15(10-17(16)20)31-6-4-30(3)5-7-31/h8,11-13,15-17,20H,4-7,9-10H2,1-3H3,(H2,27,28)/t15?,16-,17+,20+. The molecule has 1 aliphatic heterocycles. The number of alkyl halides is 3. The molecule has 0 bridgehead atoms. The van der Waals surface area contributed by atoms with Crippen molar-refractivity contribution in [2.24, 2.45) is 11.8 Å². The molecule has 0 amide bonds. The third-order valence-corrected chi connectivity index (χ3v) is 7.55. The van der Waals surface area contributed by atoms with Crippen LogP contribution >= 0.6 is 0 Å². The SMILES string of the molecule is CC(C)c1nc(-c2cnc(N)c(C(F)(F)F)c2)cn1[C@H]1[C@@H]2CC(N3CCN(C)CC3)C[C@@H]21. The maximum Gasteiger partial charge on any atom is 0.419 e. The highest BCUT2D eigenvalue weighted by atomic mass is 19.4. The number of anilines is 1. The van der Waals surface area contributed by atoms with Gasteiger partial charge in [-0.25, -0.2) is 9.97 Å². The van der Waals surface area contributed by atoms with Gasteiger partial charge in [0.25, 0.3) is 0 Å². The van der Waals surface area contributed by atoms with Crippen LogP contribution in [0, 0.1) is 11.8 Å². The summed E-state index contributed by atoms with van der Waals surface area (Å²) in [5.74, 6) is 1.88. The first kappa shape index (κ1) is 21.7. The van der Waals surface area contributed by atoms with Gasteiger partial charge in [0.1, 0.15) is 11.6 Å². The first-order valence-corrected chi connectivity index (χ1v) is 11.5. The summed E-state index contributed by atoms with van der Waals surface area (Å²) < 4.78 is 42.2. The molecular formula is C23H31F3N6. The van der Waals surface area contributed by atoms with Gasteiger partial charge in [0.2, 0.25) is 0 Å². The molecule has 1 unspecified atom stereocenters. The van der Waals surface area contributed by atoms with E-state index in [1.807, 2.05) is 6.20 Å². The zero-order chi connectivity index (χ0) is 22.8. The third kappa shape index (κ3) is 3.79. The Labute approximate surface area is 186 Å². The highest BCUT2D eigenvalue weighted by Gasteiger charge is 2.58. The summed E-state index contributed by atoms with van der Waals surface area (Å²) in [6.45, 7) is 8.71. The van der Waals surface area contributed by atoms with Crippen LogP contribution in [0.5, 0.6) is 0 Å². The molecule has 4 atom stereocenters. The molecule has 2 aliphatic carbocycles. The van der Waals surface area contributed by atoms with Crippen molar-refractivity contribution in [3.05, 3.63) is 29.8 Å². The van der Waals surface area contributed by atoms with Crippen molar-refractivity contribution in [3.63, 3.8) is 0 Å². The Bertz CT molecular complexity index is 980. The molecule has 2 N–H and O–H groups in total. The fourth-order valence-electron chi connectivity index (χ4n) is 5.73. The van der Waals surface area contributed by atoms with E-state index in [-0.39, 0.29) is 5.92 Å². The van der Waals surface area contributed by atoms with Crippen molar-refractivity contribution in [2.45, 2.75) is 50.9 Å². The summed E-state index contributed by atoms with van der Waals surface area (Å²) in [6, 6.07) is 2.13. The molecule has 3 heterocycles. The van der Waals surface area contributed by atoms with Gasteiger partial charge in [-0.1, -0.05) is 13.8 Å². The number of imidazole rings is 1. The van der Waals surface area contributed by atoms with Crippen LogP contribution in [0.25, 0.3) is 11.3 Å². The van der Waals surface area contributed by atoms with Crippen LogP contribution in [0.15, 0.2) is 18.5 Å². The number of aromatic nitrogens is 3. The molecule has 174 valence electrons. The fourth-order valence-corrected chi connectivity index (χ4v) is 5.73. The summed E-state index contributed by atoms with van der Waals surface area (Å²) in [7, 11) is 2.18. The van der Waals surface area contributed by atoms with Crippen molar-refractivity contribution >= 4 is 5.82 Å². The number of rotatable bonds is 4. The van der Waals surface area contributed by atoms with Crippen LogP contribution in [-0.4, -0.2) is 63.6 Å². The van der Waals surface area contributed by atoms with Crippen LogP contribution in [0.3, 0.4) is 0 Å². The molecule has 3 aliphatic rings. The van der Waals surface area contributed by atoms with E-state index in [9.17, 15) is 13.2 Å². The molecule has 0 spiro atoms. The maximum absolute atomic E-state index is 13.3. The Kier molecular flexibility index (Phi) is 5.24. The lowest BCUT2D eigenvalue weighted by Gasteiger charge is -2.37. The van der Waals surface area contributed by atoms with Gasteiger partial charge >= 0.3 is 6.18 Å². The molecule has 6 nitrogen and oxygen atoms in total. The number of nitrogen functional groups attached to an aromatic ring is 1. The molecule has 2 saturated carbocycles. The van der Waals surface area contributed by atoms with Crippen LogP contribution in [0.4, 0.5) is 19.0 Å². The predicted molar refractivity (Wildman–Crippen MR) is 117 cm³/mol. The van der Waals surface area contributed by atoms with E-state index in [1.54, 1.807) is 0 Å². The smallest absolute Gasteiger partial charge is 0.383 e. The van der Waals surface area contributed by atoms with Crippen molar-refractivity contribution in [1.82, 2.24) is 24.3 Å². The van der Waals surface area contributed by atoms with Gasteiger partial charge in [-0.2, -0.15) is 13.2 Å². The Morgan fingerprint density at radius 1 is 1.09 bits per heavy atom. The zero-order valence-corrected chi connectivity index (χ0v) is 18.8. The van der Waals surface area contributed by atoms with E-state index in [2.05, 4.69) is 40.2 Å². The average Bonchev–Trinajstić information content (AvgIpc) is 3.08. The minimum atomic E-state index is -4.54. The Morgan fingerprint density at radius 3 is 2.34 bits per heavy atom. The van der Waals surface area contributed by atoms with E-state index in [4.69, 9.17) is 10.7 Å². The molecule has 0 radical (unpaired) electrons. The summed E-state index contributed by atoms with van der Waals surface area (Å²) in [5, 5.41) is 0. The molecule has 9 heteroatoms. The minimum absolute atomic E-state index is 0.183. The predicted octanol–water partition coefficient (Wildman–Crippen LogP) is 3.87. The van der Waals surface area contributed by atoms with E-state index in [0.29, 0.717) is 35.2 Å². The highest BCUT2D eigenvalue weighted by molar-refractivity contribution is 5.62. The number of nitrogens with two attached hydrogens (primary N) is 1. The minimum Gasteiger partial charge on any atom is -0.383 e. The van der Waals surface area contributed by atoms with Crippen LogP contribution < -0.4 is 5.73 Å². The van der Waals surface area contributed by atoms with E-state index < -0.39 is 17.6 Å². The molecule has 32 heavy (non-hydrogen) atoms. The van der Waals surface area contributed by atoms with Gasteiger partial charge in [0, 0.05) is 62.1 Å². The topological polar surface area (TPSA) is 63.2 Å². The molecule has 0 aromatic carbocycles. The Balaban J connectivity index is 1.36. The van der Waals surface area contributed by atoms with Gasteiger partial charge in [-0.05, 0) is 37.8 Å². The quantitative estimate of drug-likeness (QED) is 0.770. The van der Waals surface area contributed by atoms with Crippen LogP contribution in [-0.2, 0) is 6.18 Å². The van der Waals surface area contributed by atoms with E-state index in [1.165, 1.54) is 19.0 Å². The third-order valence-electron chi connectivity index (χ3n) is 7.55. The second kappa shape index (κ2) is 7.73. The lowest BCUT2D eigenvalue weighted by Crippen LogP contribution is -2.48. The van der Waals surface area contributed by atoms with Gasteiger partial charge in [0.15, 0.2) is 0 Å². The van der Waals surface area contributed by atoms with Crippen molar-refractivity contribution in [3.8, 4) is 11.3 Å². The number of likely N-dealkylation sites (N-methyl/N-ethyl adjacent to an activating group) is 1. The van der Waals surface area contributed by atoms with Crippen LogP contribution in [0.1, 0.15) is 50.0 Å². The van der Waals surface area contributed by atoms with Gasteiger partial charge in [0.05, 0.1) is 11.3 Å². The Morgan fingerprint density at radius 2 is 1.75 bits per heavy atom. The van der Waals surface area contributed by atoms with Gasteiger partial charge < -0.3 is 15.2 Å². The van der Waals surface area contributed by atoms with Gasteiger partial charge in [-0.15, -0.1) is 0 Å². The number of pyridine rings is 1. The second-order valence-electron chi connectivity index (χ2n) is 9.98. The molecule has 3 fully saturated rings. The normalized spacial score (nSPS) is 29.0. The van der Waals surface area contributed by atoms with Gasteiger partial charge in [-0.3, -0.25) is 4.90 Å². The lowest BCUT2D eigenvalue weighted by atomic mass is 10.1. The number of hydrogen-bond donors (Lipinski definition) is 1. The first-order valence-electron chi connectivity index (χ1n) is 11.5. The zero-order valence-electron chi connectivity index (χ0n) is 18.8. The molecule has 1 saturated heterocycles. The number of halogens is 3. The Hall–Kier alpha value is -2.13. The largest absolute Gasteiger partial charge is 0.419 e.